The van der Waals surface area contributed by atoms with Crippen LogP contribution in [0.15, 0.2) is 4.99 Å². The summed E-state index contributed by atoms with van der Waals surface area (Å²) in [4.78, 5) is 17.8. The van der Waals surface area contributed by atoms with Crippen molar-refractivity contribution in [3.05, 3.63) is 0 Å². The number of halogens is 3. The zero-order valence-electron chi connectivity index (χ0n) is 13.9. The minimum atomic E-state index is -4.09. The number of alkyl halides is 3. The first-order valence-corrected chi connectivity index (χ1v) is 8.25. The predicted molar refractivity (Wildman–Crippen MR) is 84.3 cm³/mol. The van der Waals surface area contributed by atoms with Crippen LogP contribution in [0.4, 0.5) is 13.2 Å². The van der Waals surface area contributed by atoms with Gasteiger partial charge in [-0.15, -0.1) is 0 Å². The van der Waals surface area contributed by atoms with Crippen LogP contribution in [0, 0.1) is 0 Å². The maximum Gasteiger partial charge on any atom is 0.389 e. The van der Waals surface area contributed by atoms with Crippen LogP contribution in [-0.4, -0.2) is 55.2 Å². The van der Waals surface area contributed by atoms with Gasteiger partial charge in [0.1, 0.15) is 0 Å². The van der Waals surface area contributed by atoms with E-state index < -0.39 is 12.6 Å². The van der Waals surface area contributed by atoms with E-state index in [0.29, 0.717) is 38.4 Å². The molecule has 0 radical (unpaired) electrons. The Labute approximate surface area is 135 Å². The first kappa shape index (κ1) is 19.6. The molecule has 1 aliphatic rings. The number of guanidine groups is 1. The molecule has 1 saturated heterocycles. The summed E-state index contributed by atoms with van der Waals surface area (Å²) < 4.78 is 36.2. The molecule has 1 rings (SSSR count). The molecule has 0 spiro atoms. The highest BCUT2D eigenvalue weighted by Gasteiger charge is 2.26. The molecule has 1 fully saturated rings. The number of amides is 1. The maximum absolute atomic E-state index is 12.1. The average molecular weight is 336 g/mol. The molecule has 2 N–H and O–H groups in total. The molecule has 1 heterocycles. The Morgan fingerprint density at radius 2 is 2.04 bits per heavy atom. The van der Waals surface area contributed by atoms with Gasteiger partial charge >= 0.3 is 6.18 Å². The van der Waals surface area contributed by atoms with Gasteiger partial charge in [-0.1, -0.05) is 6.92 Å². The highest BCUT2D eigenvalue weighted by molar-refractivity contribution is 5.80. The van der Waals surface area contributed by atoms with E-state index in [1.807, 2.05) is 18.7 Å². The Morgan fingerprint density at radius 3 is 2.65 bits per heavy atom. The van der Waals surface area contributed by atoms with E-state index in [0.717, 1.165) is 13.0 Å². The average Bonchev–Trinajstić information content (AvgIpc) is 2.93. The molecule has 0 bridgehead atoms. The minimum Gasteiger partial charge on any atom is -0.357 e. The van der Waals surface area contributed by atoms with Crippen LogP contribution in [0.5, 0.6) is 0 Å². The van der Waals surface area contributed by atoms with Gasteiger partial charge in [0.15, 0.2) is 5.96 Å². The summed E-state index contributed by atoms with van der Waals surface area (Å²) in [6, 6.07) is 0.137. The summed E-state index contributed by atoms with van der Waals surface area (Å²) in [7, 11) is 0. The number of likely N-dealkylation sites (tertiary alicyclic amines) is 1. The van der Waals surface area contributed by atoms with Crippen LogP contribution in [-0.2, 0) is 4.79 Å². The quantitative estimate of drug-likeness (QED) is 0.426. The molecule has 0 saturated carbocycles. The number of carbonyl (C=O) groups is 1. The van der Waals surface area contributed by atoms with E-state index in [1.165, 1.54) is 0 Å². The van der Waals surface area contributed by atoms with E-state index in [9.17, 15) is 18.0 Å². The summed E-state index contributed by atoms with van der Waals surface area (Å²) in [5.74, 6) is 0.749. The molecule has 0 aromatic carbocycles. The monoisotopic (exact) mass is 336 g/mol. The van der Waals surface area contributed by atoms with Crippen molar-refractivity contribution >= 4 is 11.9 Å². The standard InChI is InChI=1S/C15H27F3N4O/c1-3-13(23)22-10-7-12(11-22)21-14(19-4-2)20-9-6-5-8-15(16,17)18/h12H,3-11H2,1-2H3,(H2,19,20,21). The number of rotatable bonds is 7. The van der Waals surface area contributed by atoms with E-state index >= 15 is 0 Å². The fourth-order valence-electron chi connectivity index (χ4n) is 2.47. The van der Waals surface area contributed by atoms with Gasteiger partial charge in [0.25, 0.3) is 0 Å². The number of hydrogen-bond acceptors (Lipinski definition) is 2. The van der Waals surface area contributed by atoms with Crippen molar-refractivity contribution in [2.75, 3.05) is 26.2 Å². The fraction of sp³-hybridized carbons (Fsp3) is 0.867. The van der Waals surface area contributed by atoms with Crippen LogP contribution in [0.3, 0.4) is 0 Å². The third-order valence-corrected chi connectivity index (χ3v) is 3.67. The third-order valence-electron chi connectivity index (χ3n) is 3.67. The van der Waals surface area contributed by atoms with Crippen molar-refractivity contribution in [1.82, 2.24) is 15.5 Å². The molecular weight excluding hydrogens is 309 g/mol. The van der Waals surface area contributed by atoms with Crippen molar-refractivity contribution in [1.29, 1.82) is 0 Å². The lowest BCUT2D eigenvalue weighted by atomic mass is 10.2. The smallest absolute Gasteiger partial charge is 0.357 e. The van der Waals surface area contributed by atoms with Crippen LogP contribution < -0.4 is 10.6 Å². The Kier molecular flexibility index (Phi) is 8.19. The number of aliphatic imine (C=N–C) groups is 1. The van der Waals surface area contributed by atoms with E-state index in [-0.39, 0.29) is 18.4 Å². The molecule has 23 heavy (non-hydrogen) atoms. The molecule has 0 aliphatic carbocycles. The number of carbonyl (C=O) groups excluding carboxylic acids is 1. The molecule has 1 amide bonds. The number of nitrogens with one attached hydrogen (secondary N) is 2. The molecular formula is C15H27F3N4O. The van der Waals surface area contributed by atoms with Crippen LogP contribution in [0.2, 0.25) is 0 Å². The van der Waals surface area contributed by atoms with Gasteiger partial charge in [-0.3, -0.25) is 9.79 Å². The van der Waals surface area contributed by atoms with Crippen LogP contribution in [0.25, 0.3) is 0 Å². The predicted octanol–water partition coefficient (Wildman–Crippen LogP) is 2.29. The molecule has 1 atom stereocenters. The van der Waals surface area contributed by atoms with Gasteiger partial charge in [-0.25, -0.2) is 0 Å². The summed E-state index contributed by atoms with van der Waals surface area (Å²) in [6.45, 7) is 6.19. The van der Waals surface area contributed by atoms with Gasteiger partial charge in [0.2, 0.25) is 5.91 Å². The topological polar surface area (TPSA) is 56.7 Å². The number of nitrogens with zero attached hydrogens (tertiary/aromatic N) is 2. The lowest BCUT2D eigenvalue weighted by molar-refractivity contribution is -0.135. The zero-order chi connectivity index (χ0) is 17.3. The van der Waals surface area contributed by atoms with Gasteiger partial charge in [-0.05, 0) is 26.2 Å². The second-order valence-corrected chi connectivity index (χ2v) is 5.66. The molecule has 0 aromatic heterocycles. The summed E-state index contributed by atoms with van der Waals surface area (Å²) in [6.07, 6.45) is -3.01. The van der Waals surface area contributed by atoms with Crippen LogP contribution >= 0.6 is 0 Å². The maximum atomic E-state index is 12.1. The molecule has 1 unspecified atom stereocenters. The second kappa shape index (κ2) is 9.62. The molecule has 5 nitrogen and oxygen atoms in total. The Morgan fingerprint density at radius 1 is 1.30 bits per heavy atom. The van der Waals surface area contributed by atoms with Crippen LogP contribution in [0.1, 0.15) is 46.0 Å². The number of hydrogen-bond donors (Lipinski definition) is 2. The lowest BCUT2D eigenvalue weighted by Gasteiger charge is -2.18. The second-order valence-electron chi connectivity index (χ2n) is 5.66. The summed E-state index contributed by atoms with van der Waals surface area (Å²) >= 11 is 0. The van der Waals surface area contributed by atoms with Gasteiger partial charge in [-0.2, -0.15) is 13.2 Å². The van der Waals surface area contributed by atoms with E-state index in [2.05, 4.69) is 15.6 Å². The molecule has 1 aliphatic heterocycles. The van der Waals surface area contributed by atoms with Crippen molar-refractivity contribution in [2.24, 2.45) is 4.99 Å². The SMILES string of the molecule is CCNC(=NCCCCC(F)(F)F)NC1CCN(C(=O)CC)C1. The summed E-state index contributed by atoms with van der Waals surface area (Å²) in [5.41, 5.74) is 0. The number of unbranched alkanes of at least 4 members (excludes halogenated alkanes) is 1. The van der Waals surface area contributed by atoms with Crippen molar-refractivity contribution in [3.63, 3.8) is 0 Å². The van der Waals surface area contributed by atoms with E-state index in [1.54, 1.807) is 0 Å². The van der Waals surface area contributed by atoms with Gasteiger partial charge in [0.05, 0.1) is 0 Å². The highest BCUT2D eigenvalue weighted by atomic mass is 19.4. The van der Waals surface area contributed by atoms with Crippen molar-refractivity contribution in [2.45, 2.75) is 58.2 Å². The molecule has 8 heteroatoms. The molecule has 0 aromatic rings. The molecule has 134 valence electrons. The largest absolute Gasteiger partial charge is 0.389 e. The lowest BCUT2D eigenvalue weighted by Crippen LogP contribution is -2.45. The third kappa shape index (κ3) is 8.08. The Bertz CT molecular complexity index is 399. The van der Waals surface area contributed by atoms with Gasteiger partial charge in [0, 0.05) is 45.1 Å². The van der Waals surface area contributed by atoms with Crippen molar-refractivity contribution in [3.8, 4) is 0 Å². The van der Waals surface area contributed by atoms with E-state index in [4.69, 9.17) is 0 Å². The highest BCUT2D eigenvalue weighted by Crippen LogP contribution is 2.22. The zero-order valence-corrected chi connectivity index (χ0v) is 13.9. The fourth-order valence-corrected chi connectivity index (χ4v) is 2.47. The Hall–Kier alpha value is -1.47. The Balaban J connectivity index is 2.37. The minimum absolute atomic E-state index is 0.0919. The first-order chi connectivity index (χ1) is 10.9. The van der Waals surface area contributed by atoms with Crippen molar-refractivity contribution < 1.29 is 18.0 Å². The first-order valence-electron chi connectivity index (χ1n) is 8.25. The summed E-state index contributed by atoms with van der Waals surface area (Å²) in [5, 5.41) is 6.34. The van der Waals surface area contributed by atoms with Gasteiger partial charge < -0.3 is 15.5 Å². The normalized spacial score (nSPS) is 19.1.